The zero-order valence-corrected chi connectivity index (χ0v) is 31.9. The molecule has 0 aromatic heterocycles. The fourth-order valence-electron chi connectivity index (χ4n) is 7.18. The summed E-state index contributed by atoms with van der Waals surface area (Å²) in [4.78, 5) is 82.0. The van der Waals surface area contributed by atoms with Gasteiger partial charge in [-0.3, -0.25) is 28.8 Å². The SMILES string of the molecule is CC(C)(C)c1ccc(C[C@@H]2NC(=O)[C@]3(Cc4ccccc4)CCCN(C3)C(=O)/C=C/C(=O)NCC[C@@H](C(N)=O)NC(=O)Cc3ccccc3CNC2=O)cc1. The van der Waals surface area contributed by atoms with Crippen LogP contribution in [0.1, 0.15) is 67.9 Å². The van der Waals surface area contributed by atoms with Crippen LogP contribution in [0.3, 0.4) is 0 Å². The summed E-state index contributed by atoms with van der Waals surface area (Å²) in [7, 11) is 0. The van der Waals surface area contributed by atoms with Crippen LogP contribution in [-0.4, -0.2) is 72.1 Å². The van der Waals surface area contributed by atoms with Gasteiger partial charge in [-0.25, -0.2) is 0 Å². The lowest BCUT2D eigenvalue weighted by atomic mass is 9.74. The van der Waals surface area contributed by atoms with Gasteiger partial charge in [0, 0.05) is 44.8 Å². The van der Waals surface area contributed by atoms with E-state index in [0.29, 0.717) is 36.9 Å². The van der Waals surface area contributed by atoms with Gasteiger partial charge in [0.05, 0.1) is 11.8 Å². The first kappa shape index (κ1) is 40.4. The van der Waals surface area contributed by atoms with Crippen molar-refractivity contribution in [1.29, 1.82) is 0 Å². The summed E-state index contributed by atoms with van der Waals surface area (Å²) in [5, 5.41) is 11.4. The van der Waals surface area contributed by atoms with Gasteiger partial charge in [-0.1, -0.05) is 99.6 Å². The van der Waals surface area contributed by atoms with E-state index in [1.54, 1.807) is 29.2 Å². The van der Waals surface area contributed by atoms with Crippen LogP contribution in [0.5, 0.6) is 0 Å². The molecule has 0 unspecified atom stereocenters. The van der Waals surface area contributed by atoms with Crippen molar-refractivity contribution in [2.24, 2.45) is 11.1 Å². The molecule has 2 bridgehead atoms. The second-order valence-electron chi connectivity index (χ2n) is 15.6. The predicted octanol–water partition coefficient (Wildman–Crippen LogP) is 2.77. The van der Waals surface area contributed by atoms with Crippen molar-refractivity contribution in [2.75, 3.05) is 19.6 Å². The third kappa shape index (κ3) is 11.1. The number of primary amides is 1. The molecule has 1 saturated heterocycles. The fourth-order valence-corrected chi connectivity index (χ4v) is 7.18. The first-order valence-electron chi connectivity index (χ1n) is 18.8. The zero-order valence-electron chi connectivity index (χ0n) is 31.9. The van der Waals surface area contributed by atoms with Crippen LogP contribution in [0.25, 0.3) is 0 Å². The number of hydrogen-bond acceptors (Lipinski definition) is 6. The summed E-state index contributed by atoms with van der Waals surface area (Å²) in [6, 6.07) is 22.7. The summed E-state index contributed by atoms with van der Waals surface area (Å²) >= 11 is 0. The number of nitrogens with zero attached hydrogens (tertiary/aromatic N) is 1. The molecule has 2 heterocycles. The molecule has 0 radical (unpaired) electrons. The van der Waals surface area contributed by atoms with E-state index >= 15 is 0 Å². The maximum Gasteiger partial charge on any atom is 0.246 e. The third-order valence-corrected chi connectivity index (χ3v) is 10.3. The highest BCUT2D eigenvalue weighted by atomic mass is 16.2. The molecule has 55 heavy (non-hydrogen) atoms. The quantitative estimate of drug-likeness (QED) is 0.268. The van der Waals surface area contributed by atoms with Crippen molar-refractivity contribution in [1.82, 2.24) is 26.2 Å². The van der Waals surface area contributed by atoms with Crippen LogP contribution < -0.4 is 27.0 Å². The van der Waals surface area contributed by atoms with E-state index in [0.717, 1.165) is 22.8 Å². The molecule has 2 aliphatic heterocycles. The van der Waals surface area contributed by atoms with Crippen LogP contribution in [0.15, 0.2) is 91.0 Å². The predicted molar refractivity (Wildman–Crippen MR) is 209 cm³/mol. The molecule has 3 atom stereocenters. The Morgan fingerprint density at radius 3 is 2.22 bits per heavy atom. The van der Waals surface area contributed by atoms with Gasteiger partial charge >= 0.3 is 0 Å². The number of amides is 6. The lowest BCUT2D eigenvalue weighted by Gasteiger charge is -2.42. The van der Waals surface area contributed by atoms with Gasteiger partial charge in [0.25, 0.3) is 0 Å². The first-order chi connectivity index (χ1) is 26.2. The molecule has 0 aliphatic carbocycles. The highest BCUT2D eigenvalue weighted by Gasteiger charge is 2.44. The van der Waals surface area contributed by atoms with Crippen LogP contribution in [0.2, 0.25) is 0 Å². The minimum Gasteiger partial charge on any atom is -0.368 e. The van der Waals surface area contributed by atoms with E-state index in [-0.39, 0.29) is 50.2 Å². The van der Waals surface area contributed by atoms with Gasteiger partial charge in [-0.15, -0.1) is 0 Å². The molecule has 290 valence electrons. The van der Waals surface area contributed by atoms with E-state index in [4.69, 9.17) is 5.73 Å². The van der Waals surface area contributed by atoms with Crippen molar-refractivity contribution in [3.05, 3.63) is 119 Å². The Kier molecular flexibility index (Phi) is 13.2. The topological polar surface area (TPSA) is 180 Å². The van der Waals surface area contributed by atoms with E-state index in [1.807, 2.05) is 54.6 Å². The third-order valence-electron chi connectivity index (χ3n) is 10.3. The smallest absolute Gasteiger partial charge is 0.246 e. The Balaban J connectivity index is 1.51. The number of piperidine rings is 1. The average molecular weight is 749 g/mol. The monoisotopic (exact) mass is 748 g/mol. The van der Waals surface area contributed by atoms with Gasteiger partial charge < -0.3 is 31.9 Å². The Morgan fingerprint density at radius 1 is 0.836 bits per heavy atom. The molecule has 6 amide bonds. The largest absolute Gasteiger partial charge is 0.368 e. The lowest BCUT2D eigenvalue weighted by Crippen LogP contribution is -2.58. The molecule has 0 spiro atoms. The van der Waals surface area contributed by atoms with Crippen molar-refractivity contribution in [2.45, 2.75) is 83.3 Å². The number of carbonyl (C=O) groups excluding carboxylic acids is 6. The molecular weight excluding hydrogens is 697 g/mol. The minimum absolute atomic E-state index is 0.0137. The van der Waals surface area contributed by atoms with Gasteiger partial charge in [-0.2, -0.15) is 0 Å². The molecular formula is C43H52N6O6. The Morgan fingerprint density at radius 2 is 1.53 bits per heavy atom. The molecule has 3 aromatic carbocycles. The van der Waals surface area contributed by atoms with Crippen LogP contribution in [0.4, 0.5) is 0 Å². The Hall–Kier alpha value is -5.78. The van der Waals surface area contributed by atoms with Crippen LogP contribution in [-0.2, 0) is 60.0 Å². The van der Waals surface area contributed by atoms with Gasteiger partial charge in [0.1, 0.15) is 12.1 Å². The Bertz CT molecular complexity index is 1900. The molecule has 0 saturated carbocycles. The summed E-state index contributed by atoms with van der Waals surface area (Å²) < 4.78 is 0. The van der Waals surface area contributed by atoms with E-state index < -0.39 is 47.0 Å². The van der Waals surface area contributed by atoms with Gasteiger partial charge in [0.2, 0.25) is 35.4 Å². The molecule has 12 heteroatoms. The number of nitrogens with one attached hydrogen (secondary N) is 4. The summed E-state index contributed by atoms with van der Waals surface area (Å²) in [5.74, 6) is -2.96. The first-order valence-corrected chi connectivity index (χ1v) is 18.8. The normalized spacial score (nSPS) is 22.7. The van der Waals surface area contributed by atoms with Gasteiger partial charge in [0.15, 0.2) is 0 Å². The number of benzene rings is 3. The van der Waals surface area contributed by atoms with Crippen molar-refractivity contribution < 1.29 is 28.8 Å². The van der Waals surface area contributed by atoms with Crippen molar-refractivity contribution in [3.63, 3.8) is 0 Å². The van der Waals surface area contributed by atoms with Crippen molar-refractivity contribution in [3.8, 4) is 0 Å². The molecule has 3 aromatic rings. The molecule has 12 nitrogen and oxygen atoms in total. The average Bonchev–Trinajstić information content (AvgIpc) is 3.15. The second-order valence-corrected chi connectivity index (χ2v) is 15.6. The summed E-state index contributed by atoms with van der Waals surface area (Å²) in [6.45, 7) is 6.94. The summed E-state index contributed by atoms with van der Waals surface area (Å²) in [5.41, 5.74) is 8.66. The number of hydrogen-bond donors (Lipinski definition) is 5. The number of nitrogens with two attached hydrogens (primary N) is 1. The lowest BCUT2D eigenvalue weighted by molar-refractivity contribution is -0.141. The summed E-state index contributed by atoms with van der Waals surface area (Å²) in [6.07, 6.45) is 3.78. The van der Waals surface area contributed by atoms with E-state index in [2.05, 4.69) is 42.0 Å². The molecule has 2 aliphatic rings. The standard InChI is InChI=1S/C43H52N6O6/c1-42(2,3)33-16-14-29(15-17-33)24-35-40(54)46-27-32-13-8-7-12-31(32)25-37(51)47-34(39(44)53)20-22-45-36(50)18-19-38(52)49-23-9-21-43(28-49,41(55)48-35)26-30-10-5-4-6-11-30/h4-8,10-19,34-35H,9,20-28H2,1-3H3,(H2,44,53)(H,45,50)(H,46,54)(H,47,51)(H,48,55)/b19-18+/t34-,35-,43-/m0/s1. The number of carbonyl (C=O) groups is 6. The maximum absolute atomic E-state index is 14.7. The molecule has 6 N–H and O–H groups in total. The number of fused-ring (bicyclic) bond motifs is 3. The zero-order chi connectivity index (χ0) is 39.6. The van der Waals surface area contributed by atoms with E-state index in [9.17, 15) is 28.8 Å². The maximum atomic E-state index is 14.7. The molecule has 1 fully saturated rings. The minimum atomic E-state index is -1.07. The van der Waals surface area contributed by atoms with E-state index in [1.165, 1.54) is 6.08 Å². The second kappa shape index (κ2) is 18.0. The van der Waals surface area contributed by atoms with Gasteiger partial charge in [-0.05, 0) is 58.9 Å². The van der Waals surface area contributed by atoms with Crippen LogP contribution in [0, 0.1) is 5.41 Å². The molecule has 5 rings (SSSR count). The highest BCUT2D eigenvalue weighted by Crippen LogP contribution is 2.35. The fraction of sp³-hybridized carbons (Fsp3) is 0.395. The van der Waals surface area contributed by atoms with Crippen LogP contribution >= 0.6 is 0 Å². The number of rotatable bonds is 5. The Labute approximate surface area is 322 Å². The van der Waals surface area contributed by atoms with Crippen molar-refractivity contribution >= 4 is 35.4 Å². The highest BCUT2D eigenvalue weighted by molar-refractivity contribution is 5.97.